The van der Waals surface area contributed by atoms with E-state index in [1.807, 2.05) is 42.5 Å². The first kappa shape index (κ1) is 16.0. The fourth-order valence-corrected chi connectivity index (χ4v) is 2.39. The lowest BCUT2D eigenvalue weighted by Crippen LogP contribution is -2.13. The Bertz CT molecular complexity index is 598. The highest BCUT2D eigenvalue weighted by Gasteiger charge is 2.12. The van der Waals surface area contributed by atoms with Crippen LogP contribution in [0.4, 0.5) is 5.69 Å². The molecule has 1 atom stereocenters. The molecule has 0 heterocycles. The Labute approximate surface area is 130 Å². The lowest BCUT2D eigenvalue weighted by atomic mass is 9.96. The van der Waals surface area contributed by atoms with Gasteiger partial charge >= 0.3 is 5.97 Å². The number of carbonyl (C=O) groups is 1. The van der Waals surface area contributed by atoms with Crippen molar-refractivity contribution in [1.29, 1.82) is 0 Å². The molecule has 0 saturated heterocycles. The molecule has 4 nitrogen and oxygen atoms in total. The maximum Gasteiger partial charge on any atom is 0.339 e. The molecule has 0 spiro atoms. The van der Waals surface area contributed by atoms with Gasteiger partial charge in [-0.05, 0) is 24.1 Å². The highest BCUT2D eigenvalue weighted by molar-refractivity contribution is 5.95. The van der Waals surface area contributed by atoms with Crippen LogP contribution in [0.1, 0.15) is 28.3 Å². The Balaban J connectivity index is 1.97. The molecule has 2 rings (SSSR count). The van der Waals surface area contributed by atoms with Crippen LogP contribution in [0.3, 0.4) is 0 Å². The van der Waals surface area contributed by atoms with Crippen LogP contribution in [0.5, 0.6) is 0 Å². The van der Waals surface area contributed by atoms with Gasteiger partial charge in [0.25, 0.3) is 0 Å². The second kappa shape index (κ2) is 8.20. The Kier molecular flexibility index (Phi) is 5.98. The summed E-state index contributed by atoms with van der Waals surface area (Å²) in [4.78, 5) is 11.7. The Morgan fingerprint density at radius 2 is 1.82 bits per heavy atom. The normalized spacial score (nSPS) is 11.7. The molecule has 0 amide bonds. The first-order chi connectivity index (χ1) is 10.8. The van der Waals surface area contributed by atoms with Crippen LogP contribution in [-0.2, 0) is 4.74 Å². The van der Waals surface area contributed by atoms with E-state index in [-0.39, 0.29) is 18.5 Å². The Hall–Kier alpha value is -2.33. The number of ether oxygens (including phenoxy) is 1. The molecule has 0 radical (unpaired) electrons. The van der Waals surface area contributed by atoms with Crippen LogP contribution in [0.15, 0.2) is 54.6 Å². The number of nitrogens with one attached hydrogen (secondary N) is 1. The summed E-state index contributed by atoms with van der Waals surface area (Å²) in [6.45, 7) is 0.762. The molecule has 0 bridgehead atoms. The summed E-state index contributed by atoms with van der Waals surface area (Å²) in [6.07, 6.45) is 0.774. The van der Waals surface area contributed by atoms with Crippen LogP contribution < -0.4 is 5.32 Å². The molecule has 22 heavy (non-hydrogen) atoms. The summed E-state index contributed by atoms with van der Waals surface area (Å²) < 4.78 is 4.78. The van der Waals surface area contributed by atoms with Gasteiger partial charge in [-0.2, -0.15) is 0 Å². The van der Waals surface area contributed by atoms with Gasteiger partial charge in [0.05, 0.1) is 12.7 Å². The van der Waals surface area contributed by atoms with Crippen molar-refractivity contribution in [2.75, 3.05) is 25.6 Å². The van der Waals surface area contributed by atoms with Crippen molar-refractivity contribution in [2.45, 2.75) is 12.3 Å². The number of methoxy groups -OCH3 is 1. The van der Waals surface area contributed by atoms with E-state index in [1.165, 1.54) is 7.11 Å². The molecule has 0 aromatic heterocycles. The van der Waals surface area contributed by atoms with Gasteiger partial charge in [-0.25, -0.2) is 4.79 Å². The third kappa shape index (κ3) is 4.09. The average molecular weight is 299 g/mol. The zero-order chi connectivity index (χ0) is 15.8. The minimum absolute atomic E-state index is 0.0824. The van der Waals surface area contributed by atoms with Crippen molar-refractivity contribution in [3.63, 3.8) is 0 Å². The van der Waals surface area contributed by atoms with E-state index in [4.69, 9.17) is 4.74 Å². The third-order valence-electron chi connectivity index (χ3n) is 3.63. The molecular formula is C18H21NO3. The molecule has 0 fully saturated rings. The second-order valence-electron chi connectivity index (χ2n) is 5.04. The van der Waals surface area contributed by atoms with Crippen molar-refractivity contribution in [3.8, 4) is 0 Å². The van der Waals surface area contributed by atoms with Crippen LogP contribution in [0.25, 0.3) is 0 Å². The van der Waals surface area contributed by atoms with Gasteiger partial charge in [-0.3, -0.25) is 0 Å². The molecule has 0 aliphatic carbocycles. The van der Waals surface area contributed by atoms with E-state index in [9.17, 15) is 9.90 Å². The quantitative estimate of drug-likeness (QED) is 0.772. The van der Waals surface area contributed by atoms with Gasteiger partial charge in [0.1, 0.15) is 0 Å². The van der Waals surface area contributed by atoms with Crippen LogP contribution in [0.2, 0.25) is 0 Å². The van der Waals surface area contributed by atoms with Gasteiger partial charge < -0.3 is 15.2 Å². The fraction of sp³-hybridized carbons (Fsp3) is 0.278. The molecule has 0 aliphatic rings. The standard InChI is InChI=1S/C18H21NO3/c1-22-18(21)16-9-5-6-10-17(16)19-12-11-15(13-20)14-7-3-2-4-8-14/h2-10,15,19-20H,11-13H2,1H3. The van der Waals surface area contributed by atoms with E-state index >= 15 is 0 Å². The van der Waals surface area contributed by atoms with E-state index in [2.05, 4.69) is 5.32 Å². The Morgan fingerprint density at radius 3 is 2.50 bits per heavy atom. The first-order valence-corrected chi connectivity index (χ1v) is 7.33. The summed E-state index contributed by atoms with van der Waals surface area (Å²) in [5.41, 5.74) is 2.39. The van der Waals surface area contributed by atoms with E-state index in [0.717, 1.165) is 17.7 Å². The van der Waals surface area contributed by atoms with E-state index in [0.29, 0.717) is 12.1 Å². The number of aliphatic hydroxyl groups excluding tert-OH is 1. The zero-order valence-electron chi connectivity index (χ0n) is 12.7. The number of hydrogen-bond acceptors (Lipinski definition) is 4. The molecule has 1 unspecified atom stereocenters. The molecule has 4 heteroatoms. The van der Waals surface area contributed by atoms with Crippen LogP contribution in [0, 0.1) is 0 Å². The number of rotatable bonds is 7. The molecule has 2 aromatic carbocycles. The summed E-state index contributed by atoms with van der Waals surface area (Å²) in [7, 11) is 1.37. The minimum atomic E-state index is -0.357. The highest BCUT2D eigenvalue weighted by Crippen LogP contribution is 2.20. The maximum atomic E-state index is 11.7. The predicted octanol–water partition coefficient (Wildman–Crippen LogP) is 3.05. The summed E-state index contributed by atoms with van der Waals surface area (Å²) >= 11 is 0. The van der Waals surface area contributed by atoms with Gasteiger partial charge in [-0.1, -0.05) is 42.5 Å². The van der Waals surface area contributed by atoms with Gasteiger partial charge in [-0.15, -0.1) is 0 Å². The number of anilines is 1. The Morgan fingerprint density at radius 1 is 1.14 bits per heavy atom. The number of hydrogen-bond donors (Lipinski definition) is 2. The SMILES string of the molecule is COC(=O)c1ccccc1NCCC(CO)c1ccccc1. The number of benzene rings is 2. The molecular weight excluding hydrogens is 278 g/mol. The number of esters is 1. The average Bonchev–Trinajstić information content (AvgIpc) is 2.59. The van der Waals surface area contributed by atoms with Crippen molar-refractivity contribution >= 4 is 11.7 Å². The first-order valence-electron chi connectivity index (χ1n) is 7.33. The fourth-order valence-electron chi connectivity index (χ4n) is 2.39. The highest BCUT2D eigenvalue weighted by atomic mass is 16.5. The molecule has 2 aromatic rings. The maximum absolute atomic E-state index is 11.7. The van der Waals surface area contributed by atoms with Gasteiger partial charge in [0, 0.05) is 24.8 Å². The summed E-state index contributed by atoms with van der Waals surface area (Å²) in [5.74, 6) is -0.274. The molecule has 0 saturated carbocycles. The summed E-state index contributed by atoms with van der Waals surface area (Å²) in [5, 5.41) is 12.8. The number of para-hydroxylation sites is 1. The van der Waals surface area contributed by atoms with E-state index < -0.39 is 0 Å². The van der Waals surface area contributed by atoms with Crippen molar-refractivity contribution in [2.24, 2.45) is 0 Å². The lowest BCUT2D eigenvalue weighted by Gasteiger charge is -2.16. The lowest BCUT2D eigenvalue weighted by molar-refractivity contribution is 0.0602. The van der Waals surface area contributed by atoms with Crippen LogP contribution in [-0.4, -0.2) is 31.3 Å². The summed E-state index contributed by atoms with van der Waals surface area (Å²) in [6, 6.07) is 17.2. The largest absolute Gasteiger partial charge is 0.465 e. The molecule has 116 valence electrons. The van der Waals surface area contributed by atoms with Crippen molar-refractivity contribution < 1.29 is 14.6 Å². The monoisotopic (exact) mass is 299 g/mol. The second-order valence-corrected chi connectivity index (χ2v) is 5.04. The molecule has 2 N–H and O–H groups in total. The smallest absolute Gasteiger partial charge is 0.339 e. The van der Waals surface area contributed by atoms with Gasteiger partial charge in [0.2, 0.25) is 0 Å². The predicted molar refractivity (Wildman–Crippen MR) is 87.2 cm³/mol. The topological polar surface area (TPSA) is 58.6 Å². The van der Waals surface area contributed by atoms with E-state index in [1.54, 1.807) is 12.1 Å². The number of carbonyl (C=O) groups excluding carboxylic acids is 1. The van der Waals surface area contributed by atoms with Crippen LogP contribution >= 0.6 is 0 Å². The number of aliphatic hydroxyl groups is 1. The molecule has 0 aliphatic heterocycles. The van der Waals surface area contributed by atoms with Crippen molar-refractivity contribution in [3.05, 3.63) is 65.7 Å². The van der Waals surface area contributed by atoms with Gasteiger partial charge in [0.15, 0.2) is 0 Å². The third-order valence-corrected chi connectivity index (χ3v) is 3.63. The minimum Gasteiger partial charge on any atom is -0.465 e. The van der Waals surface area contributed by atoms with Crippen molar-refractivity contribution in [1.82, 2.24) is 0 Å². The zero-order valence-corrected chi connectivity index (χ0v) is 12.7.